The van der Waals surface area contributed by atoms with E-state index in [1.54, 1.807) is 0 Å². The maximum atomic E-state index is 10.1. The molecule has 2 heterocycles. The van der Waals surface area contributed by atoms with E-state index in [1.165, 1.54) is 11.8 Å². The highest BCUT2D eigenvalue weighted by Gasteiger charge is 2.47. The first-order valence-corrected chi connectivity index (χ1v) is 7.55. The molecule has 0 aromatic rings. The van der Waals surface area contributed by atoms with Crippen LogP contribution in [0.25, 0.3) is 0 Å². The van der Waals surface area contributed by atoms with Gasteiger partial charge >= 0.3 is 0 Å². The first kappa shape index (κ1) is 14.1. The molecule has 2 aliphatic rings. The minimum absolute atomic E-state index is 0.167. The fraction of sp³-hybridized carbons (Fsp3) is 0.917. The molecule has 0 amide bonds. The van der Waals surface area contributed by atoms with Crippen molar-refractivity contribution < 1.29 is 14.9 Å². The van der Waals surface area contributed by atoms with Crippen LogP contribution in [0.4, 0.5) is 0 Å². The van der Waals surface area contributed by atoms with Crippen molar-refractivity contribution in [2.45, 2.75) is 62.9 Å². The quantitative estimate of drug-likeness (QED) is 0.704. The maximum Gasteiger partial charge on any atom is 0.159 e. The zero-order valence-electron chi connectivity index (χ0n) is 10.9. The molecule has 3 N–H and O–H groups in total. The summed E-state index contributed by atoms with van der Waals surface area (Å²) >= 11 is 1.52. The van der Waals surface area contributed by atoms with Crippen LogP contribution in [0.2, 0.25) is 0 Å². The average Bonchev–Trinajstić information content (AvgIpc) is 2.76. The third-order valence-electron chi connectivity index (χ3n) is 3.26. The summed E-state index contributed by atoms with van der Waals surface area (Å²) in [5.74, 6) is 0. The molecule has 5 nitrogen and oxygen atoms in total. The number of rotatable bonds is 4. The number of aliphatic hydroxyl groups is 2. The molecular weight excluding hydrogens is 252 g/mol. The first-order valence-electron chi connectivity index (χ1n) is 6.67. The molecule has 0 bridgehead atoms. The van der Waals surface area contributed by atoms with E-state index in [4.69, 9.17) is 4.74 Å². The SMILES string of the molecule is CCCNC1=N[C@@H]2C(O)[C@H](O)[C@@H](CCC)O[C@@H]2S1. The number of hydrogen-bond acceptors (Lipinski definition) is 6. The molecule has 0 aliphatic carbocycles. The second-order valence-electron chi connectivity index (χ2n) is 4.78. The number of thioether (sulfide) groups is 1. The molecule has 2 rings (SSSR count). The summed E-state index contributed by atoms with van der Waals surface area (Å²) in [6, 6.07) is -0.350. The lowest BCUT2D eigenvalue weighted by atomic mass is 9.96. The van der Waals surface area contributed by atoms with Crippen LogP contribution in [0.15, 0.2) is 4.99 Å². The van der Waals surface area contributed by atoms with Gasteiger partial charge in [0, 0.05) is 6.54 Å². The van der Waals surface area contributed by atoms with E-state index >= 15 is 0 Å². The average molecular weight is 274 g/mol. The van der Waals surface area contributed by atoms with Gasteiger partial charge in [-0.25, -0.2) is 0 Å². The van der Waals surface area contributed by atoms with E-state index in [9.17, 15) is 10.2 Å². The van der Waals surface area contributed by atoms with Crippen molar-refractivity contribution in [3.8, 4) is 0 Å². The molecule has 1 fully saturated rings. The molecule has 104 valence electrons. The minimum atomic E-state index is -0.832. The predicted molar refractivity (Wildman–Crippen MR) is 72.7 cm³/mol. The summed E-state index contributed by atoms with van der Waals surface area (Å²) < 4.78 is 5.84. The number of fused-ring (bicyclic) bond motifs is 1. The fourth-order valence-corrected chi connectivity index (χ4v) is 3.42. The lowest BCUT2D eigenvalue weighted by Crippen LogP contribution is -2.54. The highest BCUT2D eigenvalue weighted by Crippen LogP contribution is 2.36. The molecule has 0 aromatic heterocycles. The van der Waals surface area contributed by atoms with Crippen molar-refractivity contribution in [1.82, 2.24) is 5.32 Å². The van der Waals surface area contributed by atoms with Gasteiger partial charge in [-0.2, -0.15) is 0 Å². The Kier molecular flexibility index (Phi) is 4.89. The lowest BCUT2D eigenvalue weighted by molar-refractivity contribution is -0.154. The topological polar surface area (TPSA) is 74.1 Å². The lowest BCUT2D eigenvalue weighted by Gasteiger charge is -2.38. The molecule has 0 saturated carbocycles. The molecule has 18 heavy (non-hydrogen) atoms. The molecule has 1 saturated heterocycles. The van der Waals surface area contributed by atoms with Crippen molar-refractivity contribution in [1.29, 1.82) is 0 Å². The molecule has 0 spiro atoms. The Morgan fingerprint density at radius 1 is 1.28 bits per heavy atom. The van der Waals surface area contributed by atoms with Crippen LogP contribution in [-0.2, 0) is 4.74 Å². The van der Waals surface area contributed by atoms with Crippen LogP contribution < -0.4 is 5.32 Å². The van der Waals surface area contributed by atoms with Crippen molar-refractivity contribution in [3.05, 3.63) is 0 Å². The summed E-state index contributed by atoms with van der Waals surface area (Å²) in [5.41, 5.74) is -0.167. The van der Waals surface area contributed by atoms with E-state index in [0.29, 0.717) is 0 Å². The van der Waals surface area contributed by atoms with Crippen molar-refractivity contribution in [2.24, 2.45) is 4.99 Å². The molecule has 5 atom stereocenters. The molecular formula is C12H22N2O3S. The van der Waals surface area contributed by atoms with Gasteiger partial charge in [0.05, 0.1) is 6.10 Å². The van der Waals surface area contributed by atoms with E-state index in [-0.39, 0.29) is 17.6 Å². The Morgan fingerprint density at radius 2 is 2.06 bits per heavy atom. The van der Waals surface area contributed by atoms with Gasteiger partial charge in [-0.15, -0.1) is 0 Å². The van der Waals surface area contributed by atoms with Gasteiger partial charge in [0.15, 0.2) is 5.17 Å². The van der Waals surface area contributed by atoms with E-state index in [2.05, 4.69) is 17.2 Å². The second kappa shape index (κ2) is 6.23. The van der Waals surface area contributed by atoms with Crippen LogP contribution in [0.1, 0.15) is 33.1 Å². The fourth-order valence-electron chi connectivity index (χ4n) is 2.27. The number of aliphatic imine (C=N–C) groups is 1. The highest BCUT2D eigenvalue weighted by molar-refractivity contribution is 8.14. The van der Waals surface area contributed by atoms with Gasteiger partial charge in [0.2, 0.25) is 0 Å². The van der Waals surface area contributed by atoms with Gasteiger partial charge in [0.25, 0.3) is 0 Å². The summed E-state index contributed by atoms with van der Waals surface area (Å²) in [6.07, 6.45) is 0.784. The smallest absolute Gasteiger partial charge is 0.159 e. The number of amidine groups is 1. The Morgan fingerprint density at radius 3 is 2.72 bits per heavy atom. The highest BCUT2D eigenvalue weighted by atomic mass is 32.2. The minimum Gasteiger partial charge on any atom is -0.388 e. The van der Waals surface area contributed by atoms with Gasteiger partial charge in [-0.05, 0) is 12.8 Å². The molecule has 1 unspecified atom stereocenters. The Hall–Kier alpha value is -0.300. The normalized spacial score (nSPS) is 39.3. The number of nitrogens with one attached hydrogen (secondary N) is 1. The number of aliphatic hydroxyl groups excluding tert-OH is 2. The van der Waals surface area contributed by atoms with Crippen LogP contribution in [0, 0.1) is 0 Å². The van der Waals surface area contributed by atoms with Gasteiger partial charge in [0.1, 0.15) is 23.7 Å². The summed E-state index contributed by atoms with van der Waals surface area (Å²) in [6.45, 7) is 5.00. The van der Waals surface area contributed by atoms with Gasteiger partial charge in [-0.1, -0.05) is 32.0 Å². The third kappa shape index (κ3) is 2.82. The Balaban J connectivity index is 1.99. The van der Waals surface area contributed by atoms with Crippen LogP contribution >= 0.6 is 11.8 Å². The Bertz CT molecular complexity index is 314. The van der Waals surface area contributed by atoms with Crippen LogP contribution in [-0.4, -0.2) is 51.7 Å². The summed E-state index contributed by atoms with van der Waals surface area (Å²) in [7, 11) is 0. The largest absolute Gasteiger partial charge is 0.388 e. The van der Waals surface area contributed by atoms with E-state index < -0.39 is 12.2 Å². The number of nitrogens with zero attached hydrogens (tertiary/aromatic N) is 1. The van der Waals surface area contributed by atoms with Crippen molar-refractivity contribution in [2.75, 3.05) is 6.54 Å². The van der Waals surface area contributed by atoms with Crippen molar-refractivity contribution in [3.63, 3.8) is 0 Å². The standard InChI is InChI=1S/C12H22N2O3S/c1-3-5-7-9(15)10(16)8-11(17-7)18-12(14-8)13-6-4-2/h7-11,15-16H,3-6H2,1-2H3,(H,13,14)/t7-,8-,9-,10?,11-/m1/s1. The van der Waals surface area contributed by atoms with E-state index in [1.807, 2.05) is 6.92 Å². The zero-order valence-corrected chi connectivity index (χ0v) is 11.7. The monoisotopic (exact) mass is 274 g/mol. The number of hydrogen-bond donors (Lipinski definition) is 3. The van der Waals surface area contributed by atoms with Gasteiger partial charge < -0.3 is 20.3 Å². The van der Waals surface area contributed by atoms with Crippen LogP contribution in [0.5, 0.6) is 0 Å². The molecule has 2 aliphatic heterocycles. The summed E-state index contributed by atoms with van der Waals surface area (Å²) in [4.78, 5) is 4.41. The second-order valence-corrected chi connectivity index (χ2v) is 5.87. The zero-order chi connectivity index (χ0) is 13.1. The maximum absolute atomic E-state index is 10.1. The third-order valence-corrected chi connectivity index (χ3v) is 4.36. The van der Waals surface area contributed by atoms with Crippen molar-refractivity contribution >= 4 is 16.9 Å². The summed E-state index contributed by atoms with van der Waals surface area (Å²) in [5, 5.41) is 24.1. The van der Waals surface area contributed by atoms with Crippen LogP contribution in [0.3, 0.4) is 0 Å². The van der Waals surface area contributed by atoms with Gasteiger partial charge in [-0.3, -0.25) is 4.99 Å². The predicted octanol–water partition coefficient (Wildman–Crippen LogP) is 0.704. The molecule has 0 radical (unpaired) electrons. The number of ether oxygens (including phenoxy) is 1. The first-order chi connectivity index (χ1) is 8.67. The molecule has 6 heteroatoms. The van der Waals surface area contributed by atoms with E-state index in [0.717, 1.165) is 31.0 Å². The molecule has 0 aromatic carbocycles. The Labute approximate surface area is 112 Å².